The summed E-state index contributed by atoms with van der Waals surface area (Å²) in [4.78, 5) is 12.2. The molecule has 0 radical (unpaired) electrons. The lowest BCUT2D eigenvalue weighted by Crippen LogP contribution is -2.39. The molecule has 2 aromatic rings. The molecular formula is C18H20ClNO3. The summed E-state index contributed by atoms with van der Waals surface area (Å²) in [6, 6.07) is 16.6. The summed E-state index contributed by atoms with van der Waals surface area (Å²) in [7, 11) is 0. The molecule has 0 spiro atoms. The van der Waals surface area contributed by atoms with Gasteiger partial charge in [-0.15, -0.1) is 0 Å². The third-order valence-electron chi connectivity index (χ3n) is 3.18. The van der Waals surface area contributed by atoms with Crippen LogP contribution in [0.4, 0.5) is 0 Å². The zero-order valence-electron chi connectivity index (χ0n) is 13.0. The zero-order chi connectivity index (χ0) is 16.5. The van der Waals surface area contributed by atoms with Crippen LogP contribution in [0.1, 0.15) is 13.3 Å². The van der Waals surface area contributed by atoms with Gasteiger partial charge in [-0.1, -0.05) is 48.9 Å². The first kappa shape index (κ1) is 17.2. The summed E-state index contributed by atoms with van der Waals surface area (Å²) in [6.07, 6.45) is -0.0250. The van der Waals surface area contributed by atoms with Gasteiger partial charge < -0.3 is 14.8 Å². The van der Waals surface area contributed by atoms with E-state index >= 15 is 0 Å². The molecule has 0 aliphatic carbocycles. The molecule has 4 nitrogen and oxygen atoms in total. The highest BCUT2D eigenvalue weighted by atomic mass is 35.5. The van der Waals surface area contributed by atoms with E-state index in [9.17, 15) is 4.79 Å². The number of halogens is 1. The van der Waals surface area contributed by atoms with E-state index in [0.29, 0.717) is 30.3 Å². The van der Waals surface area contributed by atoms with Crippen molar-refractivity contribution < 1.29 is 14.3 Å². The Hall–Kier alpha value is -2.20. The number of ether oxygens (including phenoxy) is 2. The van der Waals surface area contributed by atoms with E-state index in [2.05, 4.69) is 5.32 Å². The van der Waals surface area contributed by atoms with E-state index in [0.717, 1.165) is 5.75 Å². The van der Waals surface area contributed by atoms with E-state index in [4.69, 9.17) is 21.1 Å². The number of hydrogen-bond acceptors (Lipinski definition) is 3. The van der Waals surface area contributed by atoms with E-state index in [1.807, 2.05) is 49.4 Å². The molecule has 122 valence electrons. The van der Waals surface area contributed by atoms with Crippen LogP contribution in [-0.4, -0.2) is 25.2 Å². The number of benzene rings is 2. The van der Waals surface area contributed by atoms with Crippen LogP contribution in [-0.2, 0) is 4.79 Å². The van der Waals surface area contributed by atoms with Crippen LogP contribution >= 0.6 is 11.6 Å². The summed E-state index contributed by atoms with van der Waals surface area (Å²) < 4.78 is 11.2. The number of carbonyl (C=O) groups excluding carboxylic acids is 1. The first-order chi connectivity index (χ1) is 11.2. The van der Waals surface area contributed by atoms with Crippen LogP contribution < -0.4 is 14.8 Å². The summed E-state index contributed by atoms with van der Waals surface area (Å²) in [5, 5.41) is 3.30. The Morgan fingerprint density at radius 3 is 2.52 bits per heavy atom. The minimum Gasteiger partial charge on any atom is -0.492 e. The van der Waals surface area contributed by atoms with Crippen LogP contribution in [0.3, 0.4) is 0 Å². The minimum absolute atomic E-state index is 0.177. The Bertz CT molecular complexity index is 619. The molecular weight excluding hydrogens is 314 g/mol. The maximum atomic E-state index is 12.2. The summed E-state index contributed by atoms with van der Waals surface area (Å²) in [5.74, 6) is 1.11. The predicted octanol–water partition coefficient (Wildman–Crippen LogP) is 3.69. The number of hydrogen-bond donors (Lipinski definition) is 1. The largest absolute Gasteiger partial charge is 0.492 e. The van der Waals surface area contributed by atoms with Gasteiger partial charge in [0, 0.05) is 0 Å². The third kappa shape index (κ3) is 5.49. The van der Waals surface area contributed by atoms with E-state index in [1.54, 1.807) is 12.1 Å². The lowest BCUT2D eigenvalue weighted by Gasteiger charge is -2.18. The molecule has 0 fully saturated rings. The van der Waals surface area contributed by atoms with Crippen molar-refractivity contribution in [2.45, 2.75) is 19.4 Å². The fraction of sp³-hybridized carbons (Fsp3) is 0.278. The second-order valence-electron chi connectivity index (χ2n) is 4.90. The van der Waals surface area contributed by atoms with Crippen molar-refractivity contribution in [2.24, 2.45) is 0 Å². The monoisotopic (exact) mass is 333 g/mol. The van der Waals surface area contributed by atoms with Gasteiger partial charge in [0.2, 0.25) is 0 Å². The van der Waals surface area contributed by atoms with Crippen molar-refractivity contribution in [3.05, 3.63) is 59.6 Å². The molecule has 0 saturated heterocycles. The number of para-hydroxylation sites is 2. The standard InChI is InChI=1S/C18H20ClNO3/c1-2-16(23-17-11-7-6-10-15(17)19)18(21)20-12-13-22-14-8-4-3-5-9-14/h3-11,16H,2,12-13H2,1H3,(H,20,21). The SMILES string of the molecule is CCC(Oc1ccccc1Cl)C(=O)NCCOc1ccccc1. The molecule has 2 aromatic carbocycles. The fourth-order valence-electron chi connectivity index (χ4n) is 1.99. The Kier molecular flexibility index (Phi) is 6.76. The number of carbonyl (C=O) groups is 1. The smallest absolute Gasteiger partial charge is 0.261 e. The van der Waals surface area contributed by atoms with Crippen molar-refractivity contribution in [3.8, 4) is 11.5 Å². The van der Waals surface area contributed by atoms with Crippen LogP contribution in [0.5, 0.6) is 11.5 Å². The first-order valence-corrected chi connectivity index (χ1v) is 7.95. The third-order valence-corrected chi connectivity index (χ3v) is 3.49. The van der Waals surface area contributed by atoms with Crippen LogP contribution in [0.2, 0.25) is 5.02 Å². The molecule has 0 aromatic heterocycles. The van der Waals surface area contributed by atoms with Gasteiger partial charge in [-0.2, -0.15) is 0 Å². The topological polar surface area (TPSA) is 47.6 Å². The van der Waals surface area contributed by atoms with Gasteiger partial charge in [0.1, 0.15) is 18.1 Å². The summed E-state index contributed by atoms with van der Waals surface area (Å²) >= 11 is 6.05. The quantitative estimate of drug-likeness (QED) is 0.749. The van der Waals surface area contributed by atoms with Crippen molar-refractivity contribution in [2.75, 3.05) is 13.2 Å². The van der Waals surface area contributed by atoms with Gasteiger partial charge in [-0.05, 0) is 30.7 Å². The predicted molar refractivity (Wildman–Crippen MR) is 91.1 cm³/mol. The molecule has 1 atom stereocenters. The molecule has 0 aliphatic heterocycles. The molecule has 0 aliphatic rings. The Morgan fingerprint density at radius 1 is 1.13 bits per heavy atom. The van der Waals surface area contributed by atoms with Gasteiger partial charge in [0.15, 0.2) is 6.10 Å². The second-order valence-corrected chi connectivity index (χ2v) is 5.30. The maximum absolute atomic E-state index is 12.2. The van der Waals surface area contributed by atoms with Crippen LogP contribution in [0.25, 0.3) is 0 Å². The van der Waals surface area contributed by atoms with E-state index in [-0.39, 0.29) is 5.91 Å². The maximum Gasteiger partial charge on any atom is 0.261 e. The molecule has 0 heterocycles. The average molecular weight is 334 g/mol. The van der Waals surface area contributed by atoms with Crippen LogP contribution in [0.15, 0.2) is 54.6 Å². The molecule has 5 heteroatoms. The molecule has 2 rings (SSSR count). The minimum atomic E-state index is -0.577. The van der Waals surface area contributed by atoms with Crippen molar-refractivity contribution in [1.29, 1.82) is 0 Å². The van der Waals surface area contributed by atoms with Gasteiger partial charge >= 0.3 is 0 Å². The summed E-state index contributed by atoms with van der Waals surface area (Å²) in [5.41, 5.74) is 0. The van der Waals surface area contributed by atoms with E-state index < -0.39 is 6.10 Å². The van der Waals surface area contributed by atoms with E-state index in [1.165, 1.54) is 0 Å². The lowest BCUT2D eigenvalue weighted by atomic mass is 10.2. The first-order valence-electron chi connectivity index (χ1n) is 7.57. The number of nitrogens with one attached hydrogen (secondary N) is 1. The van der Waals surface area contributed by atoms with Gasteiger partial charge in [-0.3, -0.25) is 4.79 Å². The Labute approximate surface area is 141 Å². The van der Waals surface area contributed by atoms with Gasteiger partial charge in [-0.25, -0.2) is 0 Å². The lowest BCUT2D eigenvalue weighted by molar-refractivity contribution is -0.128. The van der Waals surface area contributed by atoms with Crippen LogP contribution in [0, 0.1) is 0 Å². The van der Waals surface area contributed by atoms with Gasteiger partial charge in [0.05, 0.1) is 11.6 Å². The van der Waals surface area contributed by atoms with Gasteiger partial charge in [0.25, 0.3) is 5.91 Å². The molecule has 0 bridgehead atoms. The second kappa shape index (κ2) is 9.06. The fourth-order valence-corrected chi connectivity index (χ4v) is 2.17. The molecule has 0 saturated carbocycles. The molecule has 1 N–H and O–H groups in total. The zero-order valence-corrected chi connectivity index (χ0v) is 13.8. The highest BCUT2D eigenvalue weighted by molar-refractivity contribution is 6.32. The highest BCUT2D eigenvalue weighted by Crippen LogP contribution is 2.24. The van der Waals surface area contributed by atoms with Crippen molar-refractivity contribution >= 4 is 17.5 Å². The average Bonchev–Trinajstić information content (AvgIpc) is 2.59. The van der Waals surface area contributed by atoms with Crippen molar-refractivity contribution in [3.63, 3.8) is 0 Å². The summed E-state index contributed by atoms with van der Waals surface area (Å²) in [6.45, 7) is 2.70. The molecule has 1 amide bonds. The highest BCUT2D eigenvalue weighted by Gasteiger charge is 2.18. The Balaban J connectivity index is 1.77. The number of rotatable bonds is 8. The normalized spacial score (nSPS) is 11.6. The van der Waals surface area contributed by atoms with Crippen molar-refractivity contribution in [1.82, 2.24) is 5.32 Å². The number of amides is 1. The molecule has 1 unspecified atom stereocenters. The molecule has 23 heavy (non-hydrogen) atoms. The Morgan fingerprint density at radius 2 is 1.83 bits per heavy atom.